The Morgan fingerprint density at radius 3 is 2.67 bits per heavy atom. The highest BCUT2D eigenvalue weighted by Crippen LogP contribution is 2.05. The lowest BCUT2D eigenvalue weighted by Gasteiger charge is -2.03. The van der Waals surface area contributed by atoms with Crippen LogP contribution in [0.25, 0.3) is 0 Å². The fourth-order valence-electron chi connectivity index (χ4n) is 2.05. The second kappa shape index (κ2) is 7.02. The standard InChI is InChI=1S/C16H22N2/c1-2-10-17-13-16-9-12-18(14-16)11-8-15-6-4-3-5-7-15/h3-7,9,12,14,17H,2,8,10-11,13H2,1H3. The molecule has 0 spiro atoms. The zero-order valence-electron chi connectivity index (χ0n) is 11.1. The molecule has 0 unspecified atom stereocenters. The number of benzene rings is 1. The van der Waals surface area contributed by atoms with Crippen LogP contribution in [0.5, 0.6) is 0 Å². The van der Waals surface area contributed by atoms with Crippen LogP contribution in [0, 0.1) is 0 Å². The molecule has 1 aromatic carbocycles. The van der Waals surface area contributed by atoms with Gasteiger partial charge in [-0.2, -0.15) is 0 Å². The van der Waals surface area contributed by atoms with E-state index in [1.54, 1.807) is 0 Å². The Balaban J connectivity index is 1.80. The fourth-order valence-corrected chi connectivity index (χ4v) is 2.05. The van der Waals surface area contributed by atoms with Crippen molar-refractivity contribution < 1.29 is 0 Å². The first kappa shape index (κ1) is 12.9. The number of nitrogens with zero attached hydrogens (tertiary/aromatic N) is 1. The molecular formula is C16H22N2. The zero-order chi connectivity index (χ0) is 12.6. The number of hydrogen-bond acceptors (Lipinski definition) is 1. The van der Waals surface area contributed by atoms with Gasteiger partial charge in [-0.1, -0.05) is 37.3 Å². The maximum atomic E-state index is 3.43. The predicted octanol–water partition coefficient (Wildman–Crippen LogP) is 3.23. The van der Waals surface area contributed by atoms with E-state index in [9.17, 15) is 0 Å². The summed E-state index contributed by atoms with van der Waals surface area (Å²) in [6, 6.07) is 12.8. The van der Waals surface area contributed by atoms with Gasteiger partial charge >= 0.3 is 0 Å². The molecule has 0 aliphatic heterocycles. The van der Waals surface area contributed by atoms with Crippen molar-refractivity contribution in [2.24, 2.45) is 0 Å². The average Bonchev–Trinajstić information content (AvgIpc) is 2.86. The molecule has 0 aliphatic rings. The molecule has 2 heteroatoms. The van der Waals surface area contributed by atoms with Crippen molar-refractivity contribution in [3.63, 3.8) is 0 Å². The molecule has 0 aliphatic carbocycles. The summed E-state index contributed by atoms with van der Waals surface area (Å²) in [4.78, 5) is 0. The highest BCUT2D eigenvalue weighted by atomic mass is 14.9. The molecule has 1 heterocycles. The van der Waals surface area contributed by atoms with Crippen molar-refractivity contribution in [2.75, 3.05) is 6.54 Å². The minimum absolute atomic E-state index is 0.978. The van der Waals surface area contributed by atoms with Gasteiger partial charge in [0, 0.05) is 25.5 Å². The molecule has 2 rings (SSSR count). The SMILES string of the molecule is CCCNCc1ccn(CCc2ccccc2)c1. The summed E-state index contributed by atoms with van der Waals surface area (Å²) in [6.07, 6.45) is 6.70. The lowest BCUT2D eigenvalue weighted by Crippen LogP contribution is -2.13. The Bertz CT molecular complexity index is 445. The molecule has 96 valence electrons. The number of aromatic nitrogens is 1. The van der Waals surface area contributed by atoms with E-state index < -0.39 is 0 Å². The second-order valence-corrected chi connectivity index (χ2v) is 4.67. The number of nitrogens with one attached hydrogen (secondary N) is 1. The summed E-state index contributed by atoms with van der Waals surface area (Å²) >= 11 is 0. The van der Waals surface area contributed by atoms with Gasteiger partial charge in [-0.25, -0.2) is 0 Å². The van der Waals surface area contributed by atoms with Crippen LogP contribution in [-0.4, -0.2) is 11.1 Å². The highest BCUT2D eigenvalue weighted by Gasteiger charge is 1.97. The van der Waals surface area contributed by atoms with Crippen LogP contribution in [-0.2, 0) is 19.5 Å². The topological polar surface area (TPSA) is 17.0 Å². The van der Waals surface area contributed by atoms with Crippen molar-refractivity contribution in [3.8, 4) is 0 Å². The minimum Gasteiger partial charge on any atom is -0.354 e. The van der Waals surface area contributed by atoms with E-state index >= 15 is 0 Å². The van der Waals surface area contributed by atoms with Gasteiger partial charge in [0.15, 0.2) is 0 Å². The molecule has 2 aromatic rings. The molecule has 1 N–H and O–H groups in total. The highest BCUT2D eigenvalue weighted by molar-refractivity contribution is 5.15. The molecule has 18 heavy (non-hydrogen) atoms. The van der Waals surface area contributed by atoms with Crippen LogP contribution < -0.4 is 5.32 Å². The molecule has 0 fully saturated rings. The van der Waals surface area contributed by atoms with Crippen molar-refractivity contribution in [1.82, 2.24) is 9.88 Å². The van der Waals surface area contributed by atoms with Gasteiger partial charge in [-0.15, -0.1) is 0 Å². The average molecular weight is 242 g/mol. The van der Waals surface area contributed by atoms with Gasteiger partial charge in [-0.3, -0.25) is 0 Å². The van der Waals surface area contributed by atoms with Crippen LogP contribution in [0.15, 0.2) is 48.8 Å². The fraction of sp³-hybridized carbons (Fsp3) is 0.375. The normalized spacial score (nSPS) is 10.7. The zero-order valence-corrected chi connectivity index (χ0v) is 11.1. The molecule has 0 amide bonds. The van der Waals surface area contributed by atoms with E-state index in [0.717, 1.165) is 26.1 Å². The molecule has 0 bridgehead atoms. The van der Waals surface area contributed by atoms with Gasteiger partial charge in [0.2, 0.25) is 0 Å². The monoisotopic (exact) mass is 242 g/mol. The lowest BCUT2D eigenvalue weighted by atomic mass is 10.1. The van der Waals surface area contributed by atoms with Gasteiger partial charge in [0.1, 0.15) is 0 Å². The molecule has 0 radical (unpaired) electrons. The van der Waals surface area contributed by atoms with E-state index in [1.165, 1.54) is 17.5 Å². The first-order chi connectivity index (χ1) is 8.88. The van der Waals surface area contributed by atoms with Crippen LogP contribution in [0.1, 0.15) is 24.5 Å². The number of hydrogen-bond donors (Lipinski definition) is 1. The second-order valence-electron chi connectivity index (χ2n) is 4.67. The molecule has 1 aromatic heterocycles. The Hall–Kier alpha value is -1.54. The van der Waals surface area contributed by atoms with Gasteiger partial charge in [0.25, 0.3) is 0 Å². The quantitative estimate of drug-likeness (QED) is 0.738. The van der Waals surface area contributed by atoms with E-state index in [2.05, 4.69) is 65.6 Å². The largest absolute Gasteiger partial charge is 0.354 e. The van der Waals surface area contributed by atoms with E-state index in [-0.39, 0.29) is 0 Å². The van der Waals surface area contributed by atoms with E-state index in [1.807, 2.05) is 0 Å². The Labute approximate surface area is 110 Å². The Morgan fingerprint density at radius 2 is 1.89 bits per heavy atom. The first-order valence-electron chi connectivity index (χ1n) is 6.78. The van der Waals surface area contributed by atoms with Gasteiger partial charge in [0.05, 0.1) is 0 Å². The summed E-state index contributed by atoms with van der Waals surface area (Å²) < 4.78 is 2.27. The van der Waals surface area contributed by atoms with Crippen molar-refractivity contribution >= 4 is 0 Å². The molecular weight excluding hydrogens is 220 g/mol. The third-order valence-electron chi connectivity index (χ3n) is 3.07. The third-order valence-corrected chi connectivity index (χ3v) is 3.07. The Kier molecular flexibility index (Phi) is 5.03. The maximum Gasteiger partial charge on any atom is 0.0260 e. The van der Waals surface area contributed by atoms with Crippen LogP contribution in [0.4, 0.5) is 0 Å². The third kappa shape index (κ3) is 4.04. The molecule has 0 saturated carbocycles. The molecule has 0 saturated heterocycles. The lowest BCUT2D eigenvalue weighted by molar-refractivity contribution is 0.666. The molecule has 2 nitrogen and oxygen atoms in total. The van der Waals surface area contributed by atoms with Gasteiger partial charge in [-0.05, 0) is 36.6 Å². The summed E-state index contributed by atoms with van der Waals surface area (Å²) in [5, 5.41) is 3.43. The summed E-state index contributed by atoms with van der Waals surface area (Å²) in [5.41, 5.74) is 2.77. The maximum absolute atomic E-state index is 3.43. The smallest absolute Gasteiger partial charge is 0.0260 e. The summed E-state index contributed by atoms with van der Waals surface area (Å²) in [7, 11) is 0. The number of aryl methyl sites for hydroxylation is 2. The van der Waals surface area contributed by atoms with Crippen molar-refractivity contribution in [1.29, 1.82) is 0 Å². The predicted molar refractivity (Wildman–Crippen MR) is 76.6 cm³/mol. The molecule has 0 atom stereocenters. The van der Waals surface area contributed by atoms with E-state index in [0.29, 0.717) is 0 Å². The number of rotatable bonds is 7. The first-order valence-corrected chi connectivity index (χ1v) is 6.78. The Morgan fingerprint density at radius 1 is 1.06 bits per heavy atom. The van der Waals surface area contributed by atoms with E-state index in [4.69, 9.17) is 0 Å². The minimum atomic E-state index is 0.978. The summed E-state index contributed by atoms with van der Waals surface area (Å²) in [6.45, 7) is 5.32. The van der Waals surface area contributed by atoms with Crippen LogP contribution >= 0.6 is 0 Å². The van der Waals surface area contributed by atoms with Gasteiger partial charge < -0.3 is 9.88 Å². The van der Waals surface area contributed by atoms with Crippen LogP contribution in [0.2, 0.25) is 0 Å². The summed E-state index contributed by atoms with van der Waals surface area (Å²) in [5.74, 6) is 0. The van der Waals surface area contributed by atoms with Crippen molar-refractivity contribution in [2.45, 2.75) is 32.9 Å². The van der Waals surface area contributed by atoms with Crippen molar-refractivity contribution in [3.05, 3.63) is 59.9 Å². The van der Waals surface area contributed by atoms with Crippen LogP contribution in [0.3, 0.4) is 0 Å².